The Balaban J connectivity index is 1.53. The molecule has 3 rings (SSSR count). The average molecular weight is 262 g/mol. The molecule has 1 saturated heterocycles. The maximum absolute atomic E-state index is 11.8. The van der Waals surface area contributed by atoms with Gasteiger partial charge in [0.1, 0.15) is 0 Å². The van der Waals surface area contributed by atoms with Gasteiger partial charge in [0.2, 0.25) is 5.91 Å². The van der Waals surface area contributed by atoms with Crippen LogP contribution in [0.25, 0.3) is 0 Å². The molecule has 1 aliphatic heterocycles. The fraction of sp³-hybridized carbons (Fsp3) is 0.714. The summed E-state index contributed by atoms with van der Waals surface area (Å²) in [4.78, 5) is 11.8. The molecule has 0 atom stereocenters. The van der Waals surface area contributed by atoms with Crippen LogP contribution in [0.4, 0.5) is 5.69 Å². The minimum atomic E-state index is 0.134. The monoisotopic (exact) mass is 262 g/mol. The summed E-state index contributed by atoms with van der Waals surface area (Å²) in [5, 5.41) is 10.7. The fourth-order valence-corrected chi connectivity index (χ4v) is 2.84. The molecule has 19 heavy (non-hydrogen) atoms. The third kappa shape index (κ3) is 3.15. The highest BCUT2D eigenvalue weighted by Crippen LogP contribution is 2.29. The molecule has 104 valence electrons. The number of nitrogens with one attached hydrogen (secondary N) is 2. The first-order valence-electron chi connectivity index (χ1n) is 7.36. The van der Waals surface area contributed by atoms with E-state index >= 15 is 0 Å². The number of anilines is 1. The van der Waals surface area contributed by atoms with E-state index in [1.54, 1.807) is 6.20 Å². The van der Waals surface area contributed by atoms with Crippen LogP contribution in [0.5, 0.6) is 0 Å². The molecule has 0 aromatic carbocycles. The topological polar surface area (TPSA) is 59.0 Å². The highest BCUT2D eigenvalue weighted by Gasteiger charge is 2.21. The minimum absolute atomic E-state index is 0.134. The normalized spacial score (nSPS) is 21.1. The molecular formula is C14H22N4O. The highest BCUT2D eigenvalue weighted by molar-refractivity contribution is 5.90. The largest absolute Gasteiger partial charge is 0.323 e. The molecule has 2 fully saturated rings. The van der Waals surface area contributed by atoms with Gasteiger partial charge in [-0.05, 0) is 44.7 Å². The van der Waals surface area contributed by atoms with Gasteiger partial charge in [-0.1, -0.05) is 6.42 Å². The maximum Gasteiger partial charge on any atom is 0.224 e. The fourth-order valence-electron chi connectivity index (χ4n) is 2.84. The molecule has 0 spiro atoms. The van der Waals surface area contributed by atoms with Crippen molar-refractivity contribution in [1.29, 1.82) is 0 Å². The first-order chi connectivity index (χ1) is 9.31. The van der Waals surface area contributed by atoms with Gasteiger partial charge in [-0.3, -0.25) is 9.48 Å². The number of aromatic nitrogens is 2. The lowest BCUT2D eigenvalue weighted by Gasteiger charge is -2.24. The Morgan fingerprint density at radius 2 is 2.16 bits per heavy atom. The second-order valence-electron chi connectivity index (χ2n) is 5.74. The van der Waals surface area contributed by atoms with Crippen molar-refractivity contribution < 1.29 is 4.79 Å². The minimum Gasteiger partial charge on any atom is -0.323 e. The lowest BCUT2D eigenvalue weighted by molar-refractivity contribution is -0.117. The van der Waals surface area contributed by atoms with Gasteiger partial charge in [0.25, 0.3) is 0 Å². The van der Waals surface area contributed by atoms with Crippen LogP contribution in [0.15, 0.2) is 12.4 Å². The lowest BCUT2D eigenvalue weighted by atomic mass is 9.83. The molecule has 1 amide bonds. The molecule has 0 radical (unpaired) electrons. The van der Waals surface area contributed by atoms with E-state index in [0.717, 1.165) is 31.6 Å². The number of carbonyl (C=O) groups is 1. The second-order valence-corrected chi connectivity index (χ2v) is 5.74. The first kappa shape index (κ1) is 12.7. The number of rotatable bonds is 4. The van der Waals surface area contributed by atoms with Gasteiger partial charge in [-0.2, -0.15) is 5.10 Å². The van der Waals surface area contributed by atoms with Crippen molar-refractivity contribution in [3.63, 3.8) is 0 Å². The molecule has 2 N–H and O–H groups in total. The molecule has 2 heterocycles. The van der Waals surface area contributed by atoms with Gasteiger partial charge in [0, 0.05) is 12.6 Å². The van der Waals surface area contributed by atoms with Crippen molar-refractivity contribution in [3.8, 4) is 0 Å². The Morgan fingerprint density at radius 1 is 1.37 bits per heavy atom. The van der Waals surface area contributed by atoms with E-state index in [0.29, 0.717) is 18.4 Å². The van der Waals surface area contributed by atoms with Crippen LogP contribution in [0.1, 0.15) is 44.6 Å². The van der Waals surface area contributed by atoms with E-state index in [-0.39, 0.29) is 5.91 Å². The van der Waals surface area contributed by atoms with Crippen molar-refractivity contribution in [1.82, 2.24) is 15.1 Å². The standard InChI is InChI=1S/C14H22N4O/c19-14(8-11-2-1-3-11)17-12-9-16-18(10-12)13-4-6-15-7-5-13/h9-11,13,15H,1-8H2,(H,17,19). The molecular weight excluding hydrogens is 240 g/mol. The van der Waals surface area contributed by atoms with Crippen LogP contribution < -0.4 is 10.6 Å². The smallest absolute Gasteiger partial charge is 0.224 e. The summed E-state index contributed by atoms with van der Waals surface area (Å²) >= 11 is 0. The average Bonchev–Trinajstić information content (AvgIpc) is 2.83. The van der Waals surface area contributed by atoms with Gasteiger partial charge >= 0.3 is 0 Å². The van der Waals surface area contributed by atoms with E-state index in [1.807, 2.05) is 10.9 Å². The Labute approximate surface area is 113 Å². The predicted octanol–water partition coefficient (Wildman–Crippen LogP) is 1.94. The van der Waals surface area contributed by atoms with Gasteiger partial charge in [-0.15, -0.1) is 0 Å². The lowest BCUT2D eigenvalue weighted by Crippen LogP contribution is -2.29. The van der Waals surface area contributed by atoms with Gasteiger partial charge in [0.15, 0.2) is 0 Å². The van der Waals surface area contributed by atoms with Crippen LogP contribution in [0.2, 0.25) is 0 Å². The molecule has 1 aliphatic carbocycles. The molecule has 0 bridgehead atoms. The molecule has 0 unspecified atom stereocenters. The SMILES string of the molecule is O=C(CC1CCC1)Nc1cnn(C2CCNCC2)c1. The summed E-state index contributed by atoms with van der Waals surface area (Å²) in [5.41, 5.74) is 0.836. The van der Waals surface area contributed by atoms with Crippen molar-refractivity contribution in [2.45, 2.75) is 44.6 Å². The summed E-state index contributed by atoms with van der Waals surface area (Å²) in [7, 11) is 0. The molecule has 2 aliphatic rings. The van der Waals surface area contributed by atoms with Crippen LogP contribution in [-0.2, 0) is 4.79 Å². The van der Waals surface area contributed by atoms with Crippen molar-refractivity contribution in [2.24, 2.45) is 5.92 Å². The van der Waals surface area contributed by atoms with Crippen molar-refractivity contribution in [3.05, 3.63) is 12.4 Å². The van der Waals surface area contributed by atoms with Crippen LogP contribution >= 0.6 is 0 Å². The quantitative estimate of drug-likeness (QED) is 0.871. The molecule has 1 aromatic rings. The number of nitrogens with zero attached hydrogens (tertiary/aromatic N) is 2. The second kappa shape index (κ2) is 5.74. The van der Waals surface area contributed by atoms with E-state index in [1.165, 1.54) is 19.3 Å². The zero-order chi connectivity index (χ0) is 13.1. The summed E-state index contributed by atoms with van der Waals surface area (Å²) in [6.07, 6.45) is 10.3. The Bertz CT molecular complexity index is 432. The van der Waals surface area contributed by atoms with Crippen molar-refractivity contribution >= 4 is 11.6 Å². The Morgan fingerprint density at radius 3 is 2.84 bits per heavy atom. The Hall–Kier alpha value is -1.36. The Kier molecular flexibility index (Phi) is 3.82. The maximum atomic E-state index is 11.8. The summed E-state index contributed by atoms with van der Waals surface area (Å²) in [5.74, 6) is 0.744. The van der Waals surface area contributed by atoms with Crippen LogP contribution in [0.3, 0.4) is 0 Å². The molecule has 1 saturated carbocycles. The van der Waals surface area contributed by atoms with E-state index in [4.69, 9.17) is 0 Å². The van der Waals surface area contributed by atoms with Crippen LogP contribution in [-0.4, -0.2) is 28.8 Å². The number of carbonyl (C=O) groups excluding carboxylic acids is 1. The zero-order valence-electron chi connectivity index (χ0n) is 11.3. The predicted molar refractivity (Wildman–Crippen MR) is 74.0 cm³/mol. The number of amides is 1. The summed E-state index contributed by atoms with van der Waals surface area (Å²) < 4.78 is 2.00. The zero-order valence-corrected chi connectivity index (χ0v) is 11.3. The summed E-state index contributed by atoms with van der Waals surface area (Å²) in [6.45, 7) is 2.10. The summed E-state index contributed by atoms with van der Waals surface area (Å²) in [6, 6.07) is 0.471. The molecule has 5 nitrogen and oxygen atoms in total. The van der Waals surface area contributed by atoms with Gasteiger partial charge in [0.05, 0.1) is 17.9 Å². The molecule has 5 heteroatoms. The third-order valence-electron chi connectivity index (χ3n) is 4.27. The first-order valence-corrected chi connectivity index (χ1v) is 7.36. The number of hydrogen-bond donors (Lipinski definition) is 2. The highest BCUT2D eigenvalue weighted by atomic mass is 16.1. The van der Waals surface area contributed by atoms with Gasteiger partial charge < -0.3 is 10.6 Å². The number of hydrogen-bond acceptors (Lipinski definition) is 3. The van der Waals surface area contributed by atoms with Gasteiger partial charge in [-0.25, -0.2) is 0 Å². The van der Waals surface area contributed by atoms with E-state index < -0.39 is 0 Å². The van der Waals surface area contributed by atoms with E-state index in [9.17, 15) is 4.79 Å². The molecule has 1 aromatic heterocycles. The van der Waals surface area contributed by atoms with E-state index in [2.05, 4.69) is 15.7 Å². The number of piperidine rings is 1. The third-order valence-corrected chi connectivity index (χ3v) is 4.27. The van der Waals surface area contributed by atoms with Crippen molar-refractivity contribution in [2.75, 3.05) is 18.4 Å². The van der Waals surface area contributed by atoms with Crippen LogP contribution in [0, 0.1) is 5.92 Å².